The maximum Gasteiger partial charge on any atom is 0.312 e. The van der Waals surface area contributed by atoms with E-state index in [0.29, 0.717) is 5.56 Å². The lowest BCUT2D eigenvalue weighted by molar-refractivity contribution is -0.142. The molecule has 1 aromatic rings. The average Bonchev–Trinajstić information content (AvgIpc) is 2.70. The summed E-state index contributed by atoms with van der Waals surface area (Å²) in [4.78, 5) is 33.9. The summed E-state index contributed by atoms with van der Waals surface area (Å²) < 4.78 is 6.91. The molecule has 3 N–H and O–H groups in total. The molecule has 0 aliphatic carbocycles. The number of hydrogen-bond donors (Lipinski definition) is 2. The number of urea groups is 1. The van der Waals surface area contributed by atoms with Gasteiger partial charge in [-0.2, -0.15) is 0 Å². The number of ketones is 1. The van der Waals surface area contributed by atoms with E-state index in [2.05, 4.69) is 5.32 Å². The summed E-state index contributed by atoms with van der Waals surface area (Å²) in [7, 11) is 0. The van der Waals surface area contributed by atoms with E-state index in [1.54, 1.807) is 6.07 Å². The van der Waals surface area contributed by atoms with Gasteiger partial charge in [-0.25, -0.2) is 4.79 Å². The Morgan fingerprint density at radius 2 is 2.00 bits per heavy atom. The third-order valence-electron chi connectivity index (χ3n) is 3.18. The summed E-state index contributed by atoms with van der Waals surface area (Å²) in [5.74, 6) is -0.791. The smallest absolute Gasteiger partial charge is 0.312 e. The van der Waals surface area contributed by atoms with E-state index in [1.165, 1.54) is 0 Å². The summed E-state index contributed by atoms with van der Waals surface area (Å²) in [5, 5.41) is 2.27. The number of nitrogens with one attached hydrogen (secondary N) is 1. The highest BCUT2D eigenvalue weighted by molar-refractivity contribution is 5.99. The summed E-state index contributed by atoms with van der Waals surface area (Å²) in [6.07, 6.45) is -0.0236. The lowest BCUT2D eigenvalue weighted by Gasteiger charge is -2.06. The quantitative estimate of drug-likeness (QED) is 0.576. The van der Waals surface area contributed by atoms with Gasteiger partial charge in [0.15, 0.2) is 6.61 Å². The zero-order valence-corrected chi connectivity index (χ0v) is 12.6. The molecular formula is C14H21N3O4. The number of hydrogen-bond acceptors (Lipinski definition) is 4. The first kappa shape index (κ1) is 16.7. The summed E-state index contributed by atoms with van der Waals surface area (Å²) in [6, 6.07) is 1.09. The fourth-order valence-corrected chi connectivity index (χ4v) is 2.15. The van der Waals surface area contributed by atoms with E-state index in [9.17, 15) is 14.4 Å². The zero-order valence-electron chi connectivity index (χ0n) is 12.6. The van der Waals surface area contributed by atoms with E-state index in [4.69, 9.17) is 10.5 Å². The summed E-state index contributed by atoms with van der Waals surface area (Å²) in [6.45, 7) is 6.36. The van der Waals surface area contributed by atoms with E-state index in [-0.39, 0.29) is 25.4 Å². The van der Waals surface area contributed by atoms with Crippen LogP contribution in [0.25, 0.3) is 0 Å². The normalized spacial score (nSPS) is 10.2. The molecular weight excluding hydrogens is 274 g/mol. The van der Waals surface area contributed by atoms with Crippen molar-refractivity contribution >= 4 is 17.8 Å². The highest BCUT2D eigenvalue weighted by Gasteiger charge is 2.16. The Morgan fingerprint density at radius 3 is 2.52 bits per heavy atom. The van der Waals surface area contributed by atoms with Crippen molar-refractivity contribution in [1.29, 1.82) is 0 Å². The SMILES string of the molecule is CCn1c(C)cc(C(=O)COC(=O)CCNC(N)=O)c1C. The molecule has 0 atom stereocenters. The van der Waals surface area contributed by atoms with Gasteiger partial charge in [0, 0.05) is 30.0 Å². The van der Waals surface area contributed by atoms with Crippen molar-refractivity contribution in [3.63, 3.8) is 0 Å². The van der Waals surface area contributed by atoms with E-state index >= 15 is 0 Å². The maximum absolute atomic E-state index is 12.1. The van der Waals surface area contributed by atoms with Gasteiger partial charge in [-0.15, -0.1) is 0 Å². The van der Waals surface area contributed by atoms with Crippen LogP contribution in [0.5, 0.6) is 0 Å². The Bertz CT molecular complexity index is 549. The standard InChI is InChI=1S/C14H21N3O4/c1-4-17-9(2)7-11(10(17)3)12(18)8-21-13(19)5-6-16-14(15)20/h7H,4-6,8H2,1-3H3,(H3,15,16,20). The van der Waals surface area contributed by atoms with E-state index in [0.717, 1.165) is 17.9 Å². The minimum absolute atomic E-state index is 0.0236. The second kappa shape index (κ2) is 7.47. The minimum Gasteiger partial charge on any atom is -0.457 e. The molecule has 0 radical (unpaired) electrons. The average molecular weight is 295 g/mol. The number of amides is 2. The van der Waals surface area contributed by atoms with E-state index in [1.807, 2.05) is 25.3 Å². The second-order valence-electron chi connectivity index (χ2n) is 4.65. The van der Waals surface area contributed by atoms with Gasteiger partial charge in [0.25, 0.3) is 0 Å². The number of carbonyl (C=O) groups is 3. The highest BCUT2D eigenvalue weighted by atomic mass is 16.5. The van der Waals surface area contributed by atoms with Gasteiger partial charge in [0.1, 0.15) is 0 Å². The van der Waals surface area contributed by atoms with Gasteiger partial charge in [0.05, 0.1) is 6.42 Å². The van der Waals surface area contributed by atoms with Crippen LogP contribution < -0.4 is 11.1 Å². The number of nitrogens with two attached hydrogens (primary N) is 1. The Kier molecular flexibility index (Phi) is 5.95. The summed E-state index contributed by atoms with van der Waals surface area (Å²) >= 11 is 0. The Morgan fingerprint density at radius 1 is 1.33 bits per heavy atom. The Labute approximate surface area is 123 Å². The van der Waals surface area contributed by atoms with Crippen LogP contribution in [0, 0.1) is 13.8 Å². The van der Waals surface area contributed by atoms with Crippen molar-refractivity contribution in [2.75, 3.05) is 13.2 Å². The minimum atomic E-state index is -0.703. The molecule has 21 heavy (non-hydrogen) atoms. The number of primary amides is 1. The fraction of sp³-hybridized carbons (Fsp3) is 0.500. The van der Waals surface area contributed by atoms with Gasteiger partial charge in [0.2, 0.25) is 5.78 Å². The number of carbonyl (C=O) groups excluding carboxylic acids is 3. The fourth-order valence-electron chi connectivity index (χ4n) is 2.15. The molecule has 1 heterocycles. The van der Waals surface area contributed by atoms with Crippen LogP contribution in [0.2, 0.25) is 0 Å². The topological polar surface area (TPSA) is 103 Å². The molecule has 1 rings (SSSR count). The van der Waals surface area contributed by atoms with Crippen LogP contribution in [-0.2, 0) is 16.1 Å². The van der Waals surface area contributed by atoms with Crippen molar-refractivity contribution in [3.8, 4) is 0 Å². The number of esters is 1. The van der Waals surface area contributed by atoms with Gasteiger partial charge in [-0.05, 0) is 26.8 Å². The van der Waals surface area contributed by atoms with Crippen LogP contribution in [0.4, 0.5) is 4.79 Å². The van der Waals surface area contributed by atoms with Gasteiger partial charge < -0.3 is 20.4 Å². The Hall–Kier alpha value is -2.31. The molecule has 0 fully saturated rings. The number of Topliss-reactive ketones (excluding diaryl/α,β-unsaturated/α-hetero) is 1. The predicted octanol–water partition coefficient (Wildman–Crippen LogP) is 0.909. The van der Waals surface area contributed by atoms with Gasteiger partial charge >= 0.3 is 12.0 Å². The summed E-state index contributed by atoms with van der Waals surface area (Å²) in [5.41, 5.74) is 7.29. The van der Waals surface area contributed by atoms with Crippen LogP contribution in [0.15, 0.2) is 6.07 Å². The van der Waals surface area contributed by atoms with Crippen LogP contribution in [-0.4, -0.2) is 35.5 Å². The molecule has 0 aromatic carbocycles. The van der Waals surface area contributed by atoms with Crippen molar-refractivity contribution < 1.29 is 19.1 Å². The van der Waals surface area contributed by atoms with Gasteiger partial charge in [-0.1, -0.05) is 0 Å². The molecule has 7 nitrogen and oxygen atoms in total. The highest BCUT2D eigenvalue weighted by Crippen LogP contribution is 2.15. The van der Waals surface area contributed by atoms with Crippen LogP contribution >= 0.6 is 0 Å². The third kappa shape index (κ3) is 4.62. The third-order valence-corrected chi connectivity index (χ3v) is 3.18. The lowest BCUT2D eigenvalue weighted by atomic mass is 10.1. The maximum atomic E-state index is 12.1. The van der Waals surface area contributed by atoms with E-state index < -0.39 is 12.0 Å². The second-order valence-corrected chi connectivity index (χ2v) is 4.65. The monoisotopic (exact) mass is 295 g/mol. The van der Waals surface area contributed by atoms with Crippen molar-refractivity contribution in [3.05, 3.63) is 23.0 Å². The molecule has 0 saturated heterocycles. The molecule has 0 aliphatic heterocycles. The Balaban J connectivity index is 2.51. The largest absolute Gasteiger partial charge is 0.457 e. The number of ether oxygens (including phenoxy) is 1. The number of rotatable bonds is 7. The molecule has 0 unspecified atom stereocenters. The van der Waals surface area contributed by atoms with Crippen molar-refractivity contribution in [2.45, 2.75) is 33.7 Å². The molecule has 7 heteroatoms. The molecule has 0 spiro atoms. The molecule has 116 valence electrons. The van der Waals surface area contributed by atoms with Crippen LogP contribution in [0.3, 0.4) is 0 Å². The molecule has 1 aromatic heterocycles. The lowest BCUT2D eigenvalue weighted by Crippen LogP contribution is -2.31. The number of nitrogens with zero attached hydrogens (tertiary/aromatic N) is 1. The van der Waals surface area contributed by atoms with Crippen molar-refractivity contribution in [2.24, 2.45) is 5.73 Å². The van der Waals surface area contributed by atoms with Gasteiger partial charge in [-0.3, -0.25) is 9.59 Å². The molecule has 2 amide bonds. The number of aryl methyl sites for hydroxylation is 1. The number of aromatic nitrogens is 1. The first-order valence-corrected chi connectivity index (χ1v) is 6.75. The zero-order chi connectivity index (χ0) is 16.0. The van der Waals surface area contributed by atoms with Crippen LogP contribution in [0.1, 0.15) is 35.1 Å². The molecule has 0 aliphatic rings. The first-order valence-electron chi connectivity index (χ1n) is 6.75. The first-order chi connectivity index (χ1) is 9.86. The predicted molar refractivity (Wildman–Crippen MR) is 77.1 cm³/mol. The molecule has 0 bridgehead atoms. The van der Waals surface area contributed by atoms with Crippen molar-refractivity contribution in [1.82, 2.24) is 9.88 Å². The molecule has 0 saturated carbocycles.